The van der Waals surface area contributed by atoms with Gasteiger partial charge in [0, 0.05) is 0 Å². The third kappa shape index (κ3) is 5.40. The largest absolute Gasteiger partial charge is 1.00 e. The number of carbonyl (C=O) groups excluding carboxylic acids is 3. The van der Waals surface area contributed by atoms with Crippen LogP contribution in [0.3, 0.4) is 0 Å². The fraction of sp³-hybridized carbons (Fsp3) is 0.308. The van der Waals surface area contributed by atoms with Crippen LogP contribution < -0.4 is 40.8 Å². The molecule has 1 aliphatic heterocycles. The molecule has 2 unspecified atom stereocenters. The molecule has 11 nitrogen and oxygen atoms in total. The van der Waals surface area contributed by atoms with Crippen molar-refractivity contribution >= 4 is 28.2 Å². The van der Waals surface area contributed by atoms with Crippen LogP contribution in [0.25, 0.3) is 0 Å². The number of benzene rings is 1. The molecule has 2 rings (SSSR count). The molecule has 13 heteroatoms. The molecule has 136 valence electrons. The minimum Gasteiger partial charge on any atom is -0.731 e. The average Bonchev–Trinajstić information content (AvgIpc) is 2.50. The van der Waals surface area contributed by atoms with E-state index in [-0.39, 0.29) is 40.5 Å². The van der Waals surface area contributed by atoms with Gasteiger partial charge in [-0.1, -0.05) is 30.3 Å². The maximum absolute atomic E-state index is 12.0. The molecular formula is C13H14N3NaO8S. The van der Waals surface area contributed by atoms with Crippen LogP contribution in [0.5, 0.6) is 0 Å². The number of rotatable bonds is 7. The van der Waals surface area contributed by atoms with E-state index in [1.807, 2.05) is 5.48 Å². The zero-order valence-electron chi connectivity index (χ0n) is 13.7. The SMILES string of the molecule is NC(=O)OCC1C(C(=O)NOCc2ccccc2)C(=O)N1S(=O)(=O)[O-].[Na+]. The molecule has 2 atom stereocenters. The minimum atomic E-state index is -5.16. The van der Waals surface area contributed by atoms with Crippen LogP contribution in [-0.2, 0) is 36.1 Å². The van der Waals surface area contributed by atoms with Gasteiger partial charge in [-0.25, -0.2) is 23.0 Å². The molecule has 1 aliphatic rings. The molecule has 1 heterocycles. The molecule has 0 aromatic heterocycles. The first-order valence-electron chi connectivity index (χ1n) is 6.88. The summed E-state index contributed by atoms with van der Waals surface area (Å²) >= 11 is 0. The Balaban J connectivity index is 0.00000338. The van der Waals surface area contributed by atoms with Gasteiger partial charge in [0.15, 0.2) is 10.3 Å². The second-order valence-corrected chi connectivity index (χ2v) is 6.26. The molecule has 1 fully saturated rings. The molecule has 1 saturated heterocycles. The Kier molecular flexibility index (Phi) is 7.99. The molecule has 0 saturated carbocycles. The van der Waals surface area contributed by atoms with Gasteiger partial charge in [-0.3, -0.25) is 14.4 Å². The van der Waals surface area contributed by atoms with Gasteiger partial charge in [0.25, 0.3) is 11.8 Å². The maximum Gasteiger partial charge on any atom is 1.00 e. The van der Waals surface area contributed by atoms with Crippen LogP contribution in [-0.4, -0.2) is 47.8 Å². The molecule has 3 N–H and O–H groups in total. The number of nitrogens with two attached hydrogens (primary N) is 1. The second kappa shape index (κ2) is 9.30. The van der Waals surface area contributed by atoms with Crippen LogP contribution in [0.1, 0.15) is 5.56 Å². The predicted octanol–water partition coefficient (Wildman–Crippen LogP) is -4.38. The van der Waals surface area contributed by atoms with E-state index < -0.39 is 46.8 Å². The summed E-state index contributed by atoms with van der Waals surface area (Å²) in [6, 6.07) is 7.28. The summed E-state index contributed by atoms with van der Waals surface area (Å²) in [7, 11) is -5.16. The third-order valence-corrected chi connectivity index (χ3v) is 4.28. The number of hydrogen-bond donors (Lipinski definition) is 2. The van der Waals surface area contributed by atoms with Crippen LogP contribution in [0.2, 0.25) is 0 Å². The van der Waals surface area contributed by atoms with Crippen LogP contribution in [0.15, 0.2) is 30.3 Å². The zero-order chi connectivity index (χ0) is 18.6. The smallest absolute Gasteiger partial charge is 0.731 e. The monoisotopic (exact) mass is 395 g/mol. The van der Waals surface area contributed by atoms with Gasteiger partial charge in [0.05, 0.1) is 6.61 Å². The first-order valence-corrected chi connectivity index (χ1v) is 8.25. The standard InChI is InChI=1S/C13H15N3O8S.Na/c14-13(19)23-7-9-10(12(18)16(9)25(20,21)22)11(17)15-24-6-8-4-2-1-3-5-8;/h1-5,9-10H,6-7H2,(H2,14,19)(H,15,17)(H,20,21,22);/q;+1/p-1. The number of nitrogens with zero attached hydrogens (tertiary/aromatic N) is 1. The van der Waals surface area contributed by atoms with Crippen molar-refractivity contribution in [3.63, 3.8) is 0 Å². The number of ether oxygens (including phenoxy) is 1. The minimum absolute atomic E-state index is 0. The van der Waals surface area contributed by atoms with Crippen molar-refractivity contribution in [3.8, 4) is 0 Å². The van der Waals surface area contributed by atoms with E-state index in [4.69, 9.17) is 10.6 Å². The van der Waals surface area contributed by atoms with Crippen LogP contribution in [0.4, 0.5) is 4.79 Å². The number of hydroxylamine groups is 1. The summed E-state index contributed by atoms with van der Waals surface area (Å²) in [5.74, 6) is -3.77. The van der Waals surface area contributed by atoms with Gasteiger partial charge in [-0.15, -0.1) is 0 Å². The van der Waals surface area contributed by atoms with Crippen LogP contribution in [0, 0.1) is 5.92 Å². The average molecular weight is 395 g/mol. The molecule has 1 aromatic carbocycles. The normalized spacial score (nSPS) is 19.1. The number of carbonyl (C=O) groups is 3. The number of β-lactam (4-membered cyclic amide) rings is 1. The number of primary amides is 1. The zero-order valence-corrected chi connectivity index (χ0v) is 16.5. The Labute approximate surface area is 170 Å². The van der Waals surface area contributed by atoms with Crippen molar-refractivity contribution in [1.82, 2.24) is 9.79 Å². The van der Waals surface area contributed by atoms with Crippen molar-refractivity contribution in [2.45, 2.75) is 12.6 Å². The van der Waals surface area contributed by atoms with Gasteiger partial charge in [-0.05, 0) is 5.56 Å². The summed E-state index contributed by atoms with van der Waals surface area (Å²) in [6.07, 6.45) is -1.25. The first-order chi connectivity index (χ1) is 11.7. The van der Waals surface area contributed by atoms with Gasteiger partial charge in [-0.2, -0.15) is 0 Å². The Hall–Kier alpha value is -1.70. The van der Waals surface area contributed by atoms with Crippen LogP contribution >= 0.6 is 0 Å². The van der Waals surface area contributed by atoms with E-state index in [1.54, 1.807) is 30.3 Å². The van der Waals surface area contributed by atoms with Crippen molar-refractivity contribution in [1.29, 1.82) is 0 Å². The summed E-state index contributed by atoms with van der Waals surface area (Å²) in [6.45, 7) is -0.723. The van der Waals surface area contributed by atoms with Gasteiger partial charge < -0.3 is 15.0 Å². The van der Waals surface area contributed by atoms with Crippen molar-refractivity contribution in [3.05, 3.63) is 35.9 Å². The fourth-order valence-corrected chi connectivity index (χ4v) is 3.09. The Bertz CT molecular complexity index is 773. The Morgan fingerprint density at radius 3 is 2.42 bits per heavy atom. The molecule has 0 bridgehead atoms. The van der Waals surface area contributed by atoms with Crippen molar-refractivity contribution in [2.75, 3.05) is 6.61 Å². The van der Waals surface area contributed by atoms with E-state index in [2.05, 4.69) is 4.74 Å². The van der Waals surface area contributed by atoms with E-state index in [1.165, 1.54) is 0 Å². The Morgan fingerprint density at radius 1 is 1.27 bits per heavy atom. The van der Waals surface area contributed by atoms with Gasteiger partial charge in [0.1, 0.15) is 18.6 Å². The number of nitrogens with one attached hydrogen (secondary N) is 1. The number of amides is 3. The van der Waals surface area contributed by atoms with E-state index >= 15 is 0 Å². The van der Waals surface area contributed by atoms with Crippen molar-refractivity contribution in [2.24, 2.45) is 11.7 Å². The maximum atomic E-state index is 12.0. The van der Waals surface area contributed by atoms with E-state index in [9.17, 15) is 27.4 Å². The summed E-state index contributed by atoms with van der Waals surface area (Å²) < 4.78 is 37.5. The quantitative estimate of drug-likeness (QED) is 0.153. The Morgan fingerprint density at radius 2 is 1.88 bits per heavy atom. The molecule has 0 radical (unpaired) electrons. The van der Waals surface area contributed by atoms with E-state index in [0.717, 1.165) is 5.56 Å². The van der Waals surface area contributed by atoms with E-state index in [0.29, 0.717) is 0 Å². The number of hydrogen-bond acceptors (Lipinski definition) is 8. The second-order valence-electron chi connectivity index (χ2n) is 5.01. The van der Waals surface area contributed by atoms with Crippen molar-refractivity contribution < 1.29 is 66.5 Å². The van der Waals surface area contributed by atoms with Gasteiger partial charge >= 0.3 is 35.7 Å². The molecule has 3 amide bonds. The molecule has 26 heavy (non-hydrogen) atoms. The third-order valence-electron chi connectivity index (χ3n) is 3.34. The molecule has 1 aromatic rings. The topological polar surface area (TPSA) is 168 Å². The summed E-state index contributed by atoms with van der Waals surface area (Å²) in [4.78, 5) is 39.4. The summed E-state index contributed by atoms with van der Waals surface area (Å²) in [5, 5.41) is 0. The molecule has 0 aliphatic carbocycles. The first kappa shape index (κ1) is 22.3. The predicted molar refractivity (Wildman–Crippen MR) is 78.7 cm³/mol. The molecular weight excluding hydrogens is 381 g/mol. The fourth-order valence-electron chi connectivity index (χ4n) is 2.24. The van der Waals surface area contributed by atoms with Gasteiger partial charge in [0.2, 0.25) is 0 Å². The molecule has 0 spiro atoms. The summed E-state index contributed by atoms with van der Waals surface area (Å²) in [5.41, 5.74) is 7.49.